The summed E-state index contributed by atoms with van der Waals surface area (Å²) in [5.41, 5.74) is 3.10. The molecule has 1 unspecified atom stereocenters. The van der Waals surface area contributed by atoms with Crippen LogP contribution in [0.3, 0.4) is 0 Å². The fraction of sp³-hybridized carbons (Fsp3) is 0.368. The molecule has 2 heterocycles. The summed E-state index contributed by atoms with van der Waals surface area (Å²) in [6, 6.07) is 11.9. The van der Waals surface area contributed by atoms with E-state index in [1.54, 1.807) is 6.20 Å². The van der Waals surface area contributed by atoms with Crippen LogP contribution in [-0.2, 0) is 12.8 Å². The number of rotatable bonds is 6. The second-order valence-corrected chi connectivity index (χ2v) is 6.09. The molecule has 6 heteroatoms. The first-order chi connectivity index (χ1) is 11.3. The van der Waals surface area contributed by atoms with Crippen molar-refractivity contribution in [3.63, 3.8) is 0 Å². The quantitative estimate of drug-likeness (QED) is 0.808. The predicted molar refractivity (Wildman–Crippen MR) is 106 cm³/mol. The highest BCUT2D eigenvalue weighted by Gasteiger charge is 2.18. The van der Waals surface area contributed by atoms with Gasteiger partial charge in [0.25, 0.3) is 5.91 Å². The lowest BCUT2D eigenvalue weighted by molar-refractivity contribution is 0.0953. The summed E-state index contributed by atoms with van der Waals surface area (Å²) >= 11 is 0. The van der Waals surface area contributed by atoms with Crippen molar-refractivity contribution < 1.29 is 4.79 Å². The molecule has 1 amide bonds. The van der Waals surface area contributed by atoms with E-state index in [2.05, 4.69) is 21.7 Å². The third-order valence-corrected chi connectivity index (χ3v) is 4.35. The Morgan fingerprint density at radius 2 is 2.04 bits per heavy atom. The molecule has 1 aliphatic heterocycles. The van der Waals surface area contributed by atoms with Crippen LogP contribution in [0.2, 0.25) is 0 Å². The minimum absolute atomic E-state index is 0. The van der Waals surface area contributed by atoms with Crippen LogP contribution in [-0.4, -0.2) is 30.5 Å². The van der Waals surface area contributed by atoms with Gasteiger partial charge in [-0.25, -0.2) is 0 Å². The molecule has 4 nitrogen and oxygen atoms in total. The summed E-state index contributed by atoms with van der Waals surface area (Å²) in [7, 11) is 0. The van der Waals surface area contributed by atoms with E-state index >= 15 is 0 Å². The topological polar surface area (TPSA) is 54.0 Å². The van der Waals surface area contributed by atoms with Gasteiger partial charge in [0.1, 0.15) is 0 Å². The number of amides is 1. The fourth-order valence-electron chi connectivity index (χ4n) is 3.08. The SMILES string of the molecule is Cl.Cl.O=C(NCCc1cccnc1)c1ccccc1CC1CCNC1. The molecule has 1 aliphatic rings. The largest absolute Gasteiger partial charge is 0.352 e. The van der Waals surface area contributed by atoms with Crippen molar-refractivity contribution in [3.05, 3.63) is 65.5 Å². The van der Waals surface area contributed by atoms with Gasteiger partial charge in [0.05, 0.1) is 0 Å². The molecule has 1 fully saturated rings. The second kappa shape index (κ2) is 11.1. The smallest absolute Gasteiger partial charge is 0.251 e. The molecule has 1 aromatic carbocycles. The molecule has 1 saturated heterocycles. The Morgan fingerprint density at radius 1 is 1.20 bits per heavy atom. The van der Waals surface area contributed by atoms with Crippen LogP contribution in [0.4, 0.5) is 0 Å². The van der Waals surface area contributed by atoms with Crippen LogP contribution in [0.1, 0.15) is 27.9 Å². The normalized spacial score (nSPS) is 15.8. The van der Waals surface area contributed by atoms with E-state index in [-0.39, 0.29) is 30.7 Å². The average Bonchev–Trinajstić information content (AvgIpc) is 3.09. The van der Waals surface area contributed by atoms with E-state index in [0.29, 0.717) is 12.5 Å². The maximum Gasteiger partial charge on any atom is 0.251 e. The number of hydrogen-bond donors (Lipinski definition) is 2. The summed E-state index contributed by atoms with van der Waals surface area (Å²) in [5, 5.41) is 6.42. The monoisotopic (exact) mass is 381 g/mol. The standard InChI is InChI=1S/C19H23N3O.2ClH/c23-19(22-11-8-15-4-3-9-20-13-15)18-6-2-1-5-17(18)12-16-7-10-21-14-16;;/h1-6,9,13,16,21H,7-8,10-12,14H2,(H,22,23);2*1H. The van der Waals surface area contributed by atoms with Gasteiger partial charge in [0, 0.05) is 24.5 Å². The summed E-state index contributed by atoms with van der Waals surface area (Å²) in [6.45, 7) is 2.77. The van der Waals surface area contributed by atoms with Crippen LogP contribution in [0.5, 0.6) is 0 Å². The van der Waals surface area contributed by atoms with Gasteiger partial charge in [-0.1, -0.05) is 24.3 Å². The van der Waals surface area contributed by atoms with Gasteiger partial charge in [0.15, 0.2) is 0 Å². The van der Waals surface area contributed by atoms with Crippen molar-refractivity contribution in [3.8, 4) is 0 Å². The van der Waals surface area contributed by atoms with Crippen molar-refractivity contribution in [2.45, 2.75) is 19.3 Å². The van der Waals surface area contributed by atoms with Crippen molar-refractivity contribution in [1.29, 1.82) is 0 Å². The molecule has 0 aliphatic carbocycles. The molecular weight excluding hydrogens is 357 g/mol. The Balaban J connectivity index is 0.00000156. The number of carbonyl (C=O) groups excluding carboxylic acids is 1. The number of halogens is 2. The Kier molecular flexibility index (Phi) is 9.50. The molecule has 0 spiro atoms. The number of carbonyl (C=O) groups is 1. The van der Waals surface area contributed by atoms with Crippen LogP contribution in [0.25, 0.3) is 0 Å². The van der Waals surface area contributed by atoms with E-state index in [0.717, 1.165) is 42.6 Å². The Labute approximate surface area is 161 Å². The zero-order valence-electron chi connectivity index (χ0n) is 14.1. The minimum Gasteiger partial charge on any atom is -0.352 e. The molecule has 2 N–H and O–H groups in total. The molecule has 0 radical (unpaired) electrons. The summed E-state index contributed by atoms with van der Waals surface area (Å²) in [5.74, 6) is 0.662. The minimum atomic E-state index is 0. The average molecular weight is 382 g/mol. The zero-order chi connectivity index (χ0) is 15.9. The molecule has 25 heavy (non-hydrogen) atoms. The highest BCUT2D eigenvalue weighted by atomic mass is 35.5. The van der Waals surface area contributed by atoms with E-state index in [1.807, 2.05) is 36.5 Å². The van der Waals surface area contributed by atoms with E-state index in [4.69, 9.17) is 0 Å². The van der Waals surface area contributed by atoms with Gasteiger partial charge < -0.3 is 10.6 Å². The number of benzene rings is 1. The number of aromatic nitrogens is 1. The van der Waals surface area contributed by atoms with Crippen LogP contribution >= 0.6 is 24.8 Å². The van der Waals surface area contributed by atoms with Gasteiger partial charge in [-0.3, -0.25) is 9.78 Å². The lowest BCUT2D eigenvalue weighted by Crippen LogP contribution is -2.27. The molecule has 0 bridgehead atoms. The molecule has 136 valence electrons. The number of nitrogens with one attached hydrogen (secondary N) is 2. The molecule has 1 atom stereocenters. The Morgan fingerprint density at radius 3 is 2.76 bits per heavy atom. The van der Waals surface area contributed by atoms with Crippen molar-refractivity contribution in [1.82, 2.24) is 15.6 Å². The lowest BCUT2D eigenvalue weighted by atomic mass is 9.94. The maximum atomic E-state index is 12.5. The maximum absolute atomic E-state index is 12.5. The number of pyridine rings is 1. The van der Waals surface area contributed by atoms with E-state index in [1.165, 1.54) is 6.42 Å². The molecule has 3 rings (SSSR count). The van der Waals surface area contributed by atoms with E-state index < -0.39 is 0 Å². The third kappa shape index (κ3) is 6.31. The Bertz CT molecular complexity index is 646. The highest BCUT2D eigenvalue weighted by molar-refractivity contribution is 5.95. The first kappa shape index (κ1) is 21.4. The number of nitrogens with zero attached hydrogens (tertiary/aromatic N) is 1. The van der Waals surface area contributed by atoms with Crippen molar-refractivity contribution in [2.24, 2.45) is 5.92 Å². The van der Waals surface area contributed by atoms with E-state index in [9.17, 15) is 4.79 Å². The molecule has 2 aromatic rings. The van der Waals surface area contributed by atoms with Gasteiger partial charge >= 0.3 is 0 Å². The first-order valence-corrected chi connectivity index (χ1v) is 8.28. The third-order valence-electron chi connectivity index (χ3n) is 4.35. The van der Waals surface area contributed by atoms with Gasteiger partial charge in [-0.05, 0) is 61.5 Å². The Hall–Kier alpha value is -1.62. The summed E-state index contributed by atoms with van der Waals surface area (Å²) in [4.78, 5) is 16.6. The van der Waals surface area contributed by atoms with Crippen LogP contribution in [0, 0.1) is 5.92 Å². The number of hydrogen-bond acceptors (Lipinski definition) is 3. The van der Waals surface area contributed by atoms with Crippen molar-refractivity contribution in [2.75, 3.05) is 19.6 Å². The van der Waals surface area contributed by atoms with Crippen LogP contribution < -0.4 is 10.6 Å². The highest BCUT2D eigenvalue weighted by Crippen LogP contribution is 2.18. The fourth-order valence-corrected chi connectivity index (χ4v) is 3.08. The first-order valence-electron chi connectivity index (χ1n) is 8.28. The molecule has 1 aromatic heterocycles. The summed E-state index contributed by atoms with van der Waals surface area (Å²) in [6.07, 6.45) is 6.56. The van der Waals surface area contributed by atoms with Gasteiger partial charge in [0.2, 0.25) is 0 Å². The van der Waals surface area contributed by atoms with Crippen molar-refractivity contribution >= 4 is 30.7 Å². The zero-order valence-corrected chi connectivity index (χ0v) is 15.7. The second-order valence-electron chi connectivity index (χ2n) is 6.09. The molecule has 0 saturated carbocycles. The van der Waals surface area contributed by atoms with Crippen LogP contribution in [0.15, 0.2) is 48.8 Å². The van der Waals surface area contributed by atoms with Gasteiger partial charge in [-0.15, -0.1) is 24.8 Å². The molecular formula is C19H25Cl2N3O. The summed E-state index contributed by atoms with van der Waals surface area (Å²) < 4.78 is 0. The predicted octanol–water partition coefficient (Wildman–Crippen LogP) is 3.05. The lowest BCUT2D eigenvalue weighted by Gasteiger charge is -2.13. The van der Waals surface area contributed by atoms with Gasteiger partial charge in [-0.2, -0.15) is 0 Å².